The molecule has 1 radical (unpaired) electrons. The number of aliphatic imine (C=N–C) groups is 1. The second-order valence-electron chi connectivity index (χ2n) is 1.95. The zero-order chi connectivity index (χ0) is 8.10. The molecule has 0 aliphatic heterocycles. The largest absolute Gasteiger partial charge is 0.661 e. The van der Waals surface area contributed by atoms with Crippen molar-refractivity contribution in [1.29, 1.82) is 0 Å². The maximum atomic E-state index is 9.97. The molecule has 0 fully saturated rings. The van der Waals surface area contributed by atoms with Crippen LogP contribution in [-0.4, -0.2) is 17.4 Å². The Morgan fingerprint density at radius 2 is 2.00 bits per heavy atom. The van der Waals surface area contributed by atoms with Crippen molar-refractivity contribution in [3.05, 3.63) is 35.9 Å². The lowest BCUT2D eigenvalue weighted by Gasteiger charge is -1.80. The zero-order valence-corrected chi connectivity index (χ0v) is 5.77. The molecular weight excluding hydrogens is 142 g/mol. The van der Waals surface area contributed by atoms with Crippen LogP contribution in [0.15, 0.2) is 30.3 Å². The highest BCUT2D eigenvalue weighted by Gasteiger charge is 2.04. The summed E-state index contributed by atoms with van der Waals surface area (Å²) in [5, 5.41) is 8.18. The molecule has 11 heavy (non-hydrogen) atoms. The number of rotatable bonds is 1. The van der Waals surface area contributed by atoms with Gasteiger partial charge in [0.2, 0.25) is 0 Å². The van der Waals surface area contributed by atoms with Crippen molar-refractivity contribution >= 4 is 12.3 Å². The average molecular weight is 149 g/mol. The van der Waals surface area contributed by atoms with Gasteiger partial charge >= 0.3 is 6.09 Å². The molecule has 0 unspecified atom stereocenters. The van der Waals surface area contributed by atoms with Gasteiger partial charge < -0.3 is 5.11 Å². The van der Waals surface area contributed by atoms with Crippen LogP contribution in [0.3, 0.4) is 0 Å². The highest BCUT2D eigenvalue weighted by Crippen LogP contribution is 1.91. The van der Waals surface area contributed by atoms with Gasteiger partial charge in [0.05, 0.1) is 0 Å². The van der Waals surface area contributed by atoms with E-state index in [4.69, 9.17) is 5.11 Å². The van der Waals surface area contributed by atoms with Crippen molar-refractivity contribution in [1.82, 2.24) is 4.99 Å². The van der Waals surface area contributed by atoms with Gasteiger partial charge in [-0.2, -0.15) is 4.79 Å². The van der Waals surface area contributed by atoms with Gasteiger partial charge in [0.25, 0.3) is 6.21 Å². The number of amides is 1. The lowest BCUT2D eigenvalue weighted by atomic mass is 10.2. The van der Waals surface area contributed by atoms with Crippen LogP contribution in [0.5, 0.6) is 0 Å². The summed E-state index contributed by atoms with van der Waals surface area (Å²) in [6.07, 6.45) is 0.136. The SMILES string of the molecule is O=C(O)[N+]=Cc1ccccc1. The molecule has 0 atom stereocenters. The molecule has 1 aromatic carbocycles. The first-order valence-corrected chi connectivity index (χ1v) is 3.11. The molecule has 0 saturated heterocycles. The molecule has 1 aromatic rings. The Balaban J connectivity index is 2.72. The van der Waals surface area contributed by atoms with Crippen molar-refractivity contribution in [2.75, 3.05) is 0 Å². The molecule has 0 aliphatic carbocycles. The van der Waals surface area contributed by atoms with E-state index in [-0.39, 0.29) is 0 Å². The van der Waals surface area contributed by atoms with E-state index in [2.05, 4.69) is 4.99 Å². The second kappa shape index (κ2) is 3.51. The van der Waals surface area contributed by atoms with E-state index in [9.17, 15) is 4.79 Å². The number of benzene rings is 1. The summed E-state index contributed by atoms with van der Waals surface area (Å²) in [7, 11) is 0. The standard InChI is InChI=1S/C8H7NO2/c10-8(11)9-6-7-4-2-1-3-5-7/h1-6H,(H,10,11)/q+1. The first kappa shape index (κ1) is 7.47. The van der Waals surface area contributed by atoms with Crippen LogP contribution < -0.4 is 4.99 Å². The summed E-state index contributed by atoms with van der Waals surface area (Å²) in [5.74, 6) is 0. The summed E-state index contributed by atoms with van der Waals surface area (Å²) >= 11 is 0. The Labute approximate surface area is 64.0 Å². The van der Waals surface area contributed by atoms with Crippen LogP contribution in [0, 0.1) is 0 Å². The predicted molar refractivity (Wildman–Crippen MR) is 41.8 cm³/mol. The molecule has 0 aliphatic rings. The maximum absolute atomic E-state index is 9.97. The molecule has 0 saturated carbocycles. The molecule has 55 valence electrons. The van der Waals surface area contributed by atoms with Crippen molar-refractivity contribution in [2.24, 2.45) is 0 Å². The molecule has 3 heteroatoms. The van der Waals surface area contributed by atoms with E-state index in [0.717, 1.165) is 5.56 Å². The van der Waals surface area contributed by atoms with E-state index in [0.29, 0.717) is 0 Å². The Kier molecular flexibility index (Phi) is 2.38. The number of carbonyl (C=O) groups is 1. The lowest BCUT2D eigenvalue weighted by Crippen LogP contribution is -2.01. The Bertz CT molecular complexity index is 267. The van der Waals surface area contributed by atoms with Crippen LogP contribution in [0.25, 0.3) is 0 Å². The van der Waals surface area contributed by atoms with E-state index in [1.807, 2.05) is 18.2 Å². The third kappa shape index (κ3) is 2.62. The fourth-order valence-electron chi connectivity index (χ4n) is 0.669. The zero-order valence-electron chi connectivity index (χ0n) is 5.77. The van der Waals surface area contributed by atoms with Gasteiger partial charge in [0.15, 0.2) is 0 Å². The minimum Gasteiger partial charge on any atom is -0.423 e. The highest BCUT2D eigenvalue weighted by atomic mass is 16.4. The normalized spacial score (nSPS) is 10.2. The summed E-state index contributed by atoms with van der Waals surface area (Å²) in [5.41, 5.74) is 0.787. The Hall–Kier alpha value is -1.64. The third-order valence-electron chi connectivity index (χ3n) is 1.12. The minimum atomic E-state index is -1.17. The number of hydrogen-bond donors (Lipinski definition) is 1. The first-order chi connectivity index (χ1) is 5.29. The van der Waals surface area contributed by atoms with Crippen LogP contribution in [-0.2, 0) is 0 Å². The van der Waals surface area contributed by atoms with Gasteiger partial charge in [-0.15, -0.1) is 0 Å². The quantitative estimate of drug-likeness (QED) is 0.608. The Morgan fingerprint density at radius 3 is 2.55 bits per heavy atom. The summed E-state index contributed by atoms with van der Waals surface area (Å²) in [4.78, 5) is 13.2. The number of hydrogen-bond acceptors (Lipinski definition) is 1. The van der Waals surface area contributed by atoms with Crippen molar-refractivity contribution in [3.63, 3.8) is 0 Å². The molecule has 0 spiro atoms. The lowest BCUT2D eigenvalue weighted by molar-refractivity contribution is 0.201. The third-order valence-corrected chi connectivity index (χ3v) is 1.12. The van der Waals surface area contributed by atoms with E-state index in [1.54, 1.807) is 12.1 Å². The predicted octanol–water partition coefficient (Wildman–Crippen LogP) is 1.12. The number of carboxylic acid groups (broad SMARTS) is 1. The molecular formula is C8H7NO2+. The summed E-state index contributed by atoms with van der Waals surface area (Å²) in [6, 6.07) is 9.07. The molecule has 0 bridgehead atoms. The monoisotopic (exact) mass is 149 g/mol. The van der Waals surface area contributed by atoms with Crippen LogP contribution in [0.2, 0.25) is 0 Å². The van der Waals surface area contributed by atoms with E-state index >= 15 is 0 Å². The summed E-state index contributed by atoms with van der Waals surface area (Å²) < 4.78 is 0. The van der Waals surface area contributed by atoms with Crippen molar-refractivity contribution in [2.45, 2.75) is 0 Å². The molecule has 0 aromatic heterocycles. The van der Waals surface area contributed by atoms with E-state index in [1.165, 1.54) is 6.21 Å². The maximum Gasteiger partial charge on any atom is 0.661 e. The Morgan fingerprint density at radius 1 is 1.36 bits per heavy atom. The molecule has 1 amide bonds. The fraction of sp³-hybridized carbons (Fsp3) is 0. The smallest absolute Gasteiger partial charge is 0.423 e. The molecule has 1 N–H and O–H groups in total. The average Bonchev–Trinajstić information content (AvgIpc) is 2.03. The summed E-state index contributed by atoms with van der Waals surface area (Å²) in [6.45, 7) is 0. The second-order valence-corrected chi connectivity index (χ2v) is 1.95. The van der Waals surface area contributed by atoms with Gasteiger partial charge in [-0.1, -0.05) is 18.2 Å². The van der Waals surface area contributed by atoms with Crippen LogP contribution in [0.1, 0.15) is 5.56 Å². The van der Waals surface area contributed by atoms with Crippen LogP contribution >= 0.6 is 0 Å². The molecule has 1 rings (SSSR count). The molecule has 0 heterocycles. The first-order valence-electron chi connectivity index (χ1n) is 3.11. The van der Waals surface area contributed by atoms with Crippen LogP contribution in [0.4, 0.5) is 4.79 Å². The minimum absolute atomic E-state index is 0.787. The van der Waals surface area contributed by atoms with Crippen molar-refractivity contribution < 1.29 is 9.90 Å². The highest BCUT2D eigenvalue weighted by molar-refractivity contribution is 5.85. The van der Waals surface area contributed by atoms with E-state index < -0.39 is 6.09 Å². The van der Waals surface area contributed by atoms with Gasteiger partial charge in [0, 0.05) is 5.56 Å². The number of nitrogens with zero attached hydrogens (tertiary/aromatic N) is 1. The van der Waals surface area contributed by atoms with Gasteiger partial charge in [-0.3, -0.25) is 0 Å². The van der Waals surface area contributed by atoms with Crippen molar-refractivity contribution in [3.8, 4) is 0 Å². The molecule has 3 nitrogen and oxygen atoms in total. The van der Waals surface area contributed by atoms with Gasteiger partial charge in [0.1, 0.15) is 4.99 Å². The fourth-order valence-corrected chi connectivity index (χ4v) is 0.669. The van der Waals surface area contributed by atoms with Gasteiger partial charge in [-0.05, 0) is 12.1 Å². The van der Waals surface area contributed by atoms with Gasteiger partial charge in [-0.25, -0.2) is 0 Å². The topological polar surface area (TPSA) is 51.4 Å².